The second-order valence-corrected chi connectivity index (χ2v) is 7.01. The van der Waals surface area contributed by atoms with Gasteiger partial charge in [-0.05, 0) is 37.5 Å². The van der Waals surface area contributed by atoms with Gasteiger partial charge in [0, 0.05) is 28.9 Å². The van der Waals surface area contributed by atoms with Crippen molar-refractivity contribution < 1.29 is 22.8 Å². The summed E-state index contributed by atoms with van der Waals surface area (Å²) in [5.41, 5.74) is 12.1. The Hall–Kier alpha value is -3.63. The van der Waals surface area contributed by atoms with Crippen LogP contribution in [0.3, 0.4) is 0 Å². The van der Waals surface area contributed by atoms with Gasteiger partial charge in [-0.3, -0.25) is 0 Å². The number of carbonyl (C=O) groups is 1. The molecule has 3 aromatic rings. The van der Waals surface area contributed by atoms with Crippen LogP contribution < -0.4 is 11.5 Å². The van der Waals surface area contributed by atoms with Crippen LogP contribution in [0.5, 0.6) is 0 Å². The molecular weight excluding hydrogens is 401 g/mol. The maximum Gasteiger partial charge on any atom is 0.433 e. The molecule has 0 unspecified atom stereocenters. The Morgan fingerprint density at radius 3 is 2.70 bits per heavy atom. The lowest BCUT2D eigenvalue weighted by molar-refractivity contribution is -0.142. The van der Waals surface area contributed by atoms with E-state index in [9.17, 15) is 18.0 Å². The van der Waals surface area contributed by atoms with Crippen molar-refractivity contribution in [2.45, 2.75) is 31.9 Å². The highest BCUT2D eigenvalue weighted by molar-refractivity contribution is 6.00. The third-order valence-corrected chi connectivity index (χ3v) is 4.82. The van der Waals surface area contributed by atoms with Gasteiger partial charge in [-0.25, -0.2) is 14.3 Å². The maximum absolute atomic E-state index is 13.5. The summed E-state index contributed by atoms with van der Waals surface area (Å²) >= 11 is 0. The van der Waals surface area contributed by atoms with Gasteiger partial charge in [0.2, 0.25) is 0 Å². The zero-order valence-corrected chi connectivity index (χ0v) is 15.8. The lowest BCUT2D eigenvalue weighted by Crippen LogP contribution is -2.17. The van der Waals surface area contributed by atoms with E-state index in [2.05, 4.69) is 15.2 Å². The first-order valence-corrected chi connectivity index (χ1v) is 9.03. The standard InChI is InChI=1S/C19H17F3N6O2/c1-9-11(3-2-4-12(9)23)17(24)27-30-18(29)14-8-16-25-13(10-5-6-10)7-15(19(20,21)22)28(16)26-14/h2-4,7-8,10H,5-6,23H2,1H3,(H2,24,27). The molecule has 1 aromatic carbocycles. The second kappa shape index (κ2) is 7.01. The fourth-order valence-corrected chi connectivity index (χ4v) is 3.00. The zero-order chi connectivity index (χ0) is 21.6. The Labute approximate surface area is 168 Å². The monoisotopic (exact) mass is 418 g/mol. The van der Waals surface area contributed by atoms with Crippen molar-refractivity contribution in [3.63, 3.8) is 0 Å². The van der Waals surface area contributed by atoms with Crippen LogP contribution in [-0.2, 0) is 11.0 Å². The molecule has 30 heavy (non-hydrogen) atoms. The molecule has 156 valence electrons. The quantitative estimate of drug-likeness (QED) is 0.221. The van der Waals surface area contributed by atoms with Crippen molar-refractivity contribution in [1.82, 2.24) is 14.6 Å². The highest BCUT2D eigenvalue weighted by atomic mass is 19.4. The normalized spacial score (nSPS) is 14.9. The molecule has 1 aliphatic rings. The van der Waals surface area contributed by atoms with Gasteiger partial charge in [-0.15, -0.1) is 0 Å². The number of aromatic nitrogens is 3. The summed E-state index contributed by atoms with van der Waals surface area (Å²) in [6.07, 6.45) is -3.10. The first kappa shape index (κ1) is 19.7. The SMILES string of the molecule is Cc1c(N)cccc1/C(N)=N/OC(=O)c1cc2nc(C3CC3)cc(C(F)(F)F)n2n1. The fourth-order valence-electron chi connectivity index (χ4n) is 3.00. The van der Waals surface area contributed by atoms with E-state index in [1.807, 2.05) is 0 Å². The van der Waals surface area contributed by atoms with Gasteiger partial charge in [0.05, 0.1) is 0 Å². The number of carbonyl (C=O) groups excluding carboxylic acids is 1. The van der Waals surface area contributed by atoms with Crippen LogP contribution in [0.15, 0.2) is 35.5 Å². The third-order valence-electron chi connectivity index (χ3n) is 4.82. The number of alkyl halides is 3. The van der Waals surface area contributed by atoms with Crippen molar-refractivity contribution in [3.8, 4) is 0 Å². The zero-order valence-electron chi connectivity index (χ0n) is 15.8. The predicted octanol–water partition coefficient (Wildman–Crippen LogP) is 2.99. The number of nitrogens with two attached hydrogens (primary N) is 2. The van der Waals surface area contributed by atoms with Crippen LogP contribution >= 0.6 is 0 Å². The number of nitrogens with zero attached hydrogens (tertiary/aromatic N) is 4. The molecule has 2 heterocycles. The smallest absolute Gasteiger partial charge is 0.398 e. The van der Waals surface area contributed by atoms with E-state index in [-0.39, 0.29) is 23.1 Å². The Bertz CT molecular complexity index is 1180. The lowest BCUT2D eigenvalue weighted by Gasteiger charge is -2.10. The van der Waals surface area contributed by atoms with E-state index in [0.717, 1.165) is 25.0 Å². The average molecular weight is 418 g/mol. The van der Waals surface area contributed by atoms with Crippen molar-refractivity contribution in [3.05, 3.63) is 58.5 Å². The van der Waals surface area contributed by atoms with Crippen molar-refractivity contribution >= 4 is 23.1 Å². The molecule has 0 radical (unpaired) electrons. The van der Waals surface area contributed by atoms with E-state index in [0.29, 0.717) is 27.0 Å². The van der Waals surface area contributed by atoms with Gasteiger partial charge >= 0.3 is 12.1 Å². The Balaban J connectivity index is 1.64. The fraction of sp³-hybridized carbons (Fsp3) is 0.263. The molecule has 0 spiro atoms. The minimum absolute atomic E-state index is 0.00708. The van der Waals surface area contributed by atoms with Crippen LogP contribution in [0, 0.1) is 6.92 Å². The summed E-state index contributed by atoms with van der Waals surface area (Å²) in [6, 6.07) is 7.07. The molecule has 11 heteroatoms. The van der Waals surface area contributed by atoms with Crippen LogP contribution in [0.2, 0.25) is 0 Å². The summed E-state index contributed by atoms with van der Waals surface area (Å²) in [5, 5.41) is 7.28. The van der Waals surface area contributed by atoms with Crippen molar-refractivity contribution in [2.75, 3.05) is 5.73 Å². The summed E-state index contributed by atoms with van der Waals surface area (Å²) in [6.45, 7) is 1.72. The van der Waals surface area contributed by atoms with E-state index < -0.39 is 17.8 Å². The summed E-state index contributed by atoms with van der Waals surface area (Å²) < 4.78 is 40.9. The molecule has 0 aliphatic heterocycles. The molecule has 0 bridgehead atoms. The molecule has 0 saturated heterocycles. The molecule has 8 nitrogen and oxygen atoms in total. The van der Waals surface area contributed by atoms with Gasteiger partial charge in [0.25, 0.3) is 0 Å². The number of benzene rings is 1. The van der Waals surface area contributed by atoms with Crippen LogP contribution in [0.25, 0.3) is 5.65 Å². The molecular formula is C19H17F3N6O2. The van der Waals surface area contributed by atoms with E-state index in [4.69, 9.17) is 16.3 Å². The molecule has 1 fully saturated rings. The van der Waals surface area contributed by atoms with Gasteiger partial charge in [-0.1, -0.05) is 17.3 Å². The molecule has 2 aromatic heterocycles. The Morgan fingerprint density at radius 1 is 1.30 bits per heavy atom. The molecule has 0 amide bonds. The number of anilines is 1. The maximum atomic E-state index is 13.5. The number of oxime groups is 1. The highest BCUT2D eigenvalue weighted by Gasteiger charge is 2.37. The van der Waals surface area contributed by atoms with E-state index in [1.165, 1.54) is 0 Å². The van der Waals surface area contributed by atoms with Crippen LogP contribution in [0.1, 0.15) is 51.8 Å². The van der Waals surface area contributed by atoms with Gasteiger partial charge < -0.3 is 16.3 Å². The van der Waals surface area contributed by atoms with Gasteiger partial charge in [0.15, 0.2) is 17.2 Å². The van der Waals surface area contributed by atoms with Crippen LogP contribution in [0.4, 0.5) is 18.9 Å². The van der Waals surface area contributed by atoms with Crippen molar-refractivity contribution in [2.24, 2.45) is 10.9 Å². The molecule has 1 aliphatic carbocycles. The van der Waals surface area contributed by atoms with E-state index >= 15 is 0 Å². The summed E-state index contributed by atoms with van der Waals surface area (Å²) in [4.78, 5) is 21.3. The number of hydrogen-bond donors (Lipinski definition) is 2. The number of hydrogen-bond acceptors (Lipinski definition) is 6. The lowest BCUT2D eigenvalue weighted by atomic mass is 10.1. The first-order valence-electron chi connectivity index (χ1n) is 9.03. The highest BCUT2D eigenvalue weighted by Crippen LogP contribution is 2.41. The Kier molecular flexibility index (Phi) is 4.60. The van der Waals surface area contributed by atoms with Crippen LogP contribution in [-0.4, -0.2) is 26.4 Å². The number of halogens is 3. The molecule has 4 rings (SSSR count). The summed E-state index contributed by atoms with van der Waals surface area (Å²) in [5.74, 6) is -1.18. The molecule has 4 N–H and O–H groups in total. The Morgan fingerprint density at radius 2 is 2.03 bits per heavy atom. The minimum Gasteiger partial charge on any atom is -0.398 e. The molecule has 1 saturated carbocycles. The van der Waals surface area contributed by atoms with Gasteiger partial charge in [-0.2, -0.15) is 18.3 Å². The second-order valence-electron chi connectivity index (χ2n) is 7.01. The number of nitrogen functional groups attached to an aromatic ring is 1. The number of fused-ring (bicyclic) bond motifs is 1. The topological polar surface area (TPSA) is 121 Å². The predicted molar refractivity (Wildman–Crippen MR) is 102 cm³/mol. The molecule has 0 atom stereocenters. The largest absolute Gasteiger partial charge is 0.433 e. The number of amidine groups is 1. The minimum atomic E-state index is -4.66. The average Bonchev–Trinajstić information content (AvgIpc) is 3.45. The third kappa shape index (κ3) is 3.65. The summed E-state index contributed by atoms with van der Waals surface area (Å²) in [7, 11) is 0. The number of rotatable bonds is 4. The van der Waals surface area contributed by atoms with Crippen molar-refractivity contribution in [1.29, 1.82) is 0 Å². The van der Waals surface area contributed by atoms with E-state index in [1.54, 1.807) is 25.1 Å². The van der Waals surface area contributed by atoms with Gasteiger partial charge in [0.1, 0.15) is 5.69 Å². The first-order chi connectivity index (χ1) is 14.1.